The van der Waals surface area contributed by atoms with Crippen LogP contribution in [-0.4, -0.2) is 31.8 Å². The second-order valence-electron chi connectivity index (χ2n) is 6.10. The molecular formula is C20H16ClN5OS2. The Bertz CT molecular complexity index is 1130. The summed E-state index contributed by atoms with van der Waals surface area (Å²) in [5, 5.41) is 11.6. The van der Waals surface area contributed by atoms with Gasteiger partial charge < -0.3 is 5.32 Å². The molecule has 0 atom stereocenters. The van der Waals surface area contributed by atoms with E-state index in [0.29, 0.717) is 21.1 Å². The number of thioether (sulfide) groups is 1. The van der Waals surface area contributed by atoms with Crippen LogP contribution in [0, 0.1) is 6.92 Å². The van der Waals surface area contributed by atoms with Crippen LogP contribution in [0.5, 0.6) is 0 Å². The van der Waals surface area contributed by atoms with Gasteiger partial charge in [-0.1, -0.05) is 53.7 Å². The van der Waals surface area contributed by atoms with Gasteiger partial charge in [-0.25, -0.2) is 9.97 Å². The number of aromatic nitrogens is 4. The van der Waals surface area contributed by atoms with Crippen molar-refractivity contribution in [2.24, 2.45) is 0 Å². The van der Waals surface area contributed by atoms with Gasteiger partial charge in [0.2, 0.25) is 11.1 Å². The maximum absolute atomic E-state index is 12.3. The third-order valence-corrected chi connectivity index (χ3v) is 5.99. The molecule has 0 bridgehead atoms. The van der Waals surface area contributed by atoms with Crippen LogP contribution < -0.4 is 5.32 Å². The van der Waals surface area contributed by atoms with Crippen LogP contribution in [0.3, 0.4) is 0 Å². The van der Waals surface area contributed by atoms with Crippen molar-refractivity contribution in [2.45, 2.75) is 12.1 Å². The first-order valence-corrected chi connectivity index (χ1v) is 10.9. The van der Waals surface area contributed by atoms with E-state index in [0.717, 1.165) is 21.7 Å². The number of thiazole rings is 1. The van der Waals surface area contributed by atoms with Gasteiger partial charge in [0.15, 0.2) is 11.0 Å². The molecule has 6 nitrogen and oxygen atoms in total. The van der Waals surface area contributed by atoms with Crippen molar-refractivity contribution < 1.29 is 4.79 Å². The standard InChI is InChI=1S/C20H16ClN5OS2/c1-12-17(13-5-3-2-4-6-13)23-19(29-12)22-16(27)11-28-20-24-18(25-26-20)14-7-9-15(21)10-8-14/h2-10H,11H2,1H3,(H,22,23,27)(H,24,25,26). The van der Waals surface area contributed by atoms with E-state index < -0.39 is 0 Å². The zero-order chi connectivity index (χ0) is 20.2. The van der Waals surface area contributed by atoms with Crippen LogP contribution in [0.25, 0.3) is 22.6 Å². The number of hydrogen-bond acceptors (Lipinski definition) is 6. The zero-order valence-electron chi connectivity index (χ0n) is 15.3. The minimum Gasteiger partial charge on any atom is -0.301 e. The smallest absolute Gasteiger partial charge is 0.236 e. The van der Waals surface area contributed by atoms with Gasteiger partial charge in [-0.2, -0.15) is 0 Å². The van der Waals surface area contributed by atoms with Gasteiger partial charge in [0.1, 0.15) is 0 Å². The Kier molecular flexibility index (Phi) is 5.94. The van der Waals surface area contributed by atoms with E-state index in [9.17, 15) is 4.79 Å². The molecule has 2 heterocycles. The molecule has 0 saturated carbocycles. The minimum atomic E-state index is -0.152. The Labute approximate surface area is 180 Å². The first-order valence-electron chi connectivity index (χ1n) is 8.72. The fraction of sp³-hybridized carbons (Fsp3) is 0.100. The first kappa shape index (κ1) is 19.6. The van der Waals surface area contributed by atoms with Crippen molar-refractivity contribution in [3.63, 3.8) is 0 Å². The quantitative estimate of drug-likeness (QED) is 0.397. The number of carbonyl (C=O) groups is 1. The number of amides is 1. The molecular weight excluding hydrogens is 426 g/mol. The lowest BCUT2D eigenvalue weighted by Gasteiger charge is -1.99. The number of nitrogens with one attached hydrogen (secondary N) is 2. The van der Waals surface area contributed by atoms with Crippen LogP contribution in [0.4, 0.5) is 5.13 Å². The molecule has 29 heavy (non-hydrogen) atoms. The van der Waals surface area contributed by atoms with Gasteiger partial charge in [0, 0.05) is 21.0 Å². The van der Waals surface area contributed by atoms with Crippen LogP contribution >= 0.6 is 34.7 Å². The van der Waals surface area contributed by atoms with Crippen LogP contribution in [0.1, 0.15) is 4.88 Å². The Morgan fingerprint density at radius 3 is 2.62 bits per heavy atom. The Morgan fingerprint density at radius 1 is 1.10 bits per heavy atom. The molecule has 0 radical (unpaired) electrons. The number of halogens is 1. The zero-order valence-corrected chi connectivity index (χ0v) is 17.7. The van der Waals surface area contributed by atoms with Crippen molar-refractivity contribution in [3.8, 4) is 22.6 Å². The van der Waals surface area contributed by atoms with Crippen molar-refractivity contribution in [3.05, 3.63) is 64.5 Å². The number of nitrogens with zero attached hydrogens (tertiary/aromatic N) is 3. The highest BCUT2D eigenvalue weighted by Gasteiger charge is 2.13. The second kappa shape index (κ2) is 8.77. The molecule has 0 aliphatic carbocycles. The average molecular weight is 442 g/mol. The summed E-state index contributed by atoms with van der Waals surface area (Å²) in [7, 11) is 0. The molecule has 0 aliphatic rings. The largest absolute Gasteiger partial charge is 0.301 e. The molecule has 4 aromatic rings. The van der Waals surface area contributed by atoms with Crippen LogP contribution in [0.15, 0.2) is 59.8 Å². The van der Waals surface area contributed by atoms with E-state index in [1.807, 2.05) is 49.4 Å². The molecule has 0 fully saturated rings. The lowest BCUT2D eigenvalue weighted by atomic mass is 10.1. The summed E-state index contributed by atoms with van der Waals surface area (Å²) in [4.78, 5) is 22.3. The van der Waals surface area contributed by atoms with Gasteiger partial charge in [-0.3, -0.25) is 9.89 Å². The van der Waals surface area contributed by atoms with Crippen molar-refractivity contribution in [1.29, 1.82) is 0 Å². The van der Waals surface area contributed by atoms with Gasteiger partial charge in [-0.05, 0) is 31.2 Å². The molecule has 9 heteroatoms. The summed E-state index contributed by atoms with van der Waals surface area (Å²) in [6.45, 7) is 2.00. The molecule has 0 unspecified atom stereocenters. The normalized spacial score (nSPS) is 10.8. The predicted molar refractivity (Wildman–Crippen MR) is 118 cm³/mol. The summed E-state index contributed by atoms with van der Waals surface area (Å²) < 4.78 is 0. The predicted octanol–water partition coefficient (Wildman–Crippen LogP) is 5.29. The molecule has 0 saturated heterocycles. The third kappa shape index (κ3) is 4.84. The number of H-pyrrole nitrogens is 1. The Balaban J connectivity index is 1.36. The fourth-order valence-electron chi connectivity index (χ4n) is 2.65. The molecule has 2 N–H and O–H groups in total. The van der Waals surface area contributed by atoms with E-state index in [4.69, 9.17) is 11.6 Å². The molecule has 4 rings (SSSR count). The molecule has 2 aromatic heterocycles. The van der Waals surface area contributed by atoms with Gasteiger partial charge in [0.25, 0.3) is 0 Å². The van der Waals surface area contributed by atoms with Gasteiger partial charge in [-0.15, -0.1) is 16.4 Å². The summed E-state index contributed by atoms with van der Waals surface area (Å²) in [6, 6.07) is 17.2. The molecule has 0 aliphatic heterocycles. The fourth-order valence-corrected chi connectivity index (χ4v) is 4.22. The van der Waals surface area contributed by atoms with E-state index in [-0.39, 0.29) is 11.7 Å². The molecule has 2 aromatic carbocycles. The number of aryl methyl sites for hydroxylation is 1. The summed E-state index contributed by atoms with van der Waals surface area (Å²) in [5.74, 6) is 0.672. The van der Waals surface area contributed by atoms with E-state index >= 15 is 0 Å². The second-order valence-corrected chi connectivity index (χ2v) is 8.68. The number of carbonyl (C=O) groups excluding carboxylic acids is 1. The van der Waals surface area contributed by atoms with Crippen molar-refractivity contribution in [2.75, 3.05) is 11.1 Å². The number of hydrogen-bond donors (Lipinski definition) is 2. The maximum atomic E-state index is 12.3. The molecule has 1 amide bonds. The van der Waals surface area contributed by atoms with Crippen molar-refractivity contribution >= 4 is 45.7 Å². The lowest BCUT2D eigenvalue weighted by molar-refractivity contribution is -0.113. The first-order chi connectivity index (χ1) is 14.1. The molecule has 146 valence electrons. The maximum Gasteiger partial charge on any atom is 0.236 e. The summed E-state index contributed by atoms with van der Waals surface area (Å²) >= 11 is 8.62. The van der Waals surface area contributed by atoms with Gasteiger partial charge in [0.05, 0.1) is 11.4 Å². The van der Waals surface area contributed by atoms with Crippen molar-refractivity contribution in [1.82, 2.24) is 20.2 Å². The van der Waals surface area contributed by atoms with E-state index in [1.165, 1.54) is 23.1 Å². The Hall–Kier alpha value is -2.68. The number of aromatic amines is 1. The summed E-state index contributed by atoms with van der Waals surface area (Å²) in [6.07, 6.45) is 0. The van der Waals surface area contributed by atoms with E-state index in [2.05, 4.69) is 25.5 Å². The SMILES string of the molecule is Cc1sc(NC(=O)CSc2n[nH]c(-c3ccc(Cl)cc3)n2)nc1-c1ccccc1. The highest BCUT2D eigenvalue weighted by molar-refractivity contribution is 7.99. The van der Waals surface area contributed by atoms with Crippen LogP contribution in [0.2, 0.25) is 5.02 Å². The lowest BCUT2D eigenvalue weighted by Crippen LogP contribution is -2.13. The topological polar surface area (TPSA) is 83.6 Å². The highest BCUT2D eigenvalue weighted by atomic mass is 35.5. The monoisotopic (exact) mass is 441 g/mol. The van der Waals surface area contributed by atoms with Gasteiger partial charge >= 0.3 is 0 Å². The number of benzene rings is 2. The third-order valence-electron chi connectivity index (χ3n) is 4.01. The average Bonchev–Trinajstić information content (AvgIpc) is 3.34. The Morgan fingerprint density at radius 2 is 1.86 bits per heavy atom. The summed E-state index contributed by atoms with van der Waals surface area (Å²) in [5.41, 5.74) is 2.80. The number of anilines is 1. The number of rotatable bonds is 6. The van der Waals surface area contributed by atoms with E-state index in [1.54, 1.807) is 12.1 Å². The minimum absolute atomic E-state index is 0.152. The highest BCUT2D eigenvalue weighted by Crippen LogP contribution is 2.30. The van der Waals surface area contributed by atoms with Crippen LogP contribution in [-0.2, 0) is 4.79 Å². The molecule has 0 spiro atoms.